The molecule has 0 amide bonds. The molecule has 90 valence electrons. The second kappa shape index (κ2) is 4.53. The van der Waals surface area contributed by atoms with Crippen molar-refractivity contribution in [3.05, 3.63) is 47.7 Å². The molecule has 1 N–H and O–H groups in total. The first kappa shape index (κ1) is 10.8. The first-order valence-corrected chi connectivity index (χ1v) is 6.52. The number of benzene rings is 1. The molecular weight excluding hydrogens is 210 g/mol. The van der Waals surface area contributed by atoms with Crippen LogP contribution in [0.4, 0.5) is 0 Å². The summed E-state index contributed by atoms with van der Waals surface area (Å²) in [6.45, 7) is 1.01. The van der Waals surface area contributed by atoms with Gasteiger partial charge < -0.3 is 5.11 Å². The van der Waals surface area contributed by atoms with Gasteiger partial charge in [0.15, 0.2) is 0 Å². The maximum absolute atomic E-state index is 9.73. The van der Waals surface area contributed by atoms with Crippen LogP contribution >= 0.6 is 0 Å². The Bertz CT molecular complexity index is 412. The molecule has 0 saturated carbocycles. The van der Waals surface area contributed by atoms with Gasteiger partial charge in [0.1, 0.15) is 0 Å². The highest BCUT2D eigenvalue weighted by Crippen LogP contribution is 2.33. The van der Waals surface area contributed by atoms with Gasteiger partial charge in [0.2, 0.25) is 0 Å². The van der Waals surface area contributed by atoms with Gasteiger partial charge in [0.05, 0.1) is 5.76 Å². The fraction of sp³-hybridized carbons (Fsp3) is 0.467. The molecule has 2 unspecified atom stereocenters. The summed E-state index contributed by atoms with van der Waals surface area (Å²) >= 11 is 0. The number of hydrogen-bond acceptors (Lipinski definition) is 2. The Morgan fingerprint density at radius 1 is 1.18 bits per heavy atom. The van der Waals surface area contributed by atoms with Crippen LogP contribution < -0.4 is 0 Å². The molecule has 1 saturated heterocycles. The Hall–Kier alpha value is -1.28. The van der Waals surface area contributed by atoms with E-state index in [2.05, 4.69) is 41.3 Å². The lowest BCUT2D eigenvalue weighted by molar-refractivity contribution is 0.0745. The molecule has 2 heterocycles. The molecule has 1 aromatic rings. The molecule has 1 aromatic carbocycles. The van der Waals surface area contributed by atoms with Gasteiger partial charge in [-0.25, -0.2) is 0 Å². The average Bonchev–Trinajstić information content (AvgIpc) is 2.32. The van der Waals surface area contributed by atoms with Crippen molar-refractivity contribution in [3.8, 4) is 0 Å². The molecule has 1 fully saturated rings. The lowest BCUT2D eigenvalue weighted by atomic mass is 9.87. The quantitative estimate of drug-likeness (QED) is 0.841. The van der Waals surface area contributed by atoms with E-state index >= 15 is 0 Å². The third-order valence-corrected chi connectivity index (χ3v) is 3.97. The summed E-state index contributed by atoms with van der Waals surface area (Å²) in [6.07, 6.45) is 6.60. The molecule has 2 heteroatoms. The first-order chi connectivity index (χ1) is 8.33. The van der Waals surface area contributed by atoms with Gasteiger partial charge in [-0.05, 0) is 24.5 Å². The zero-order chi connectivity index (χ0) is 11.7. The molecule has 2 bridgehead atoms. The van der Waals surface area contributed by atoms with Gasteiger partial charge in [-0.1, -0.05) is 36.8 Å². The van der Waals surface area contributed by atoms with E-state index in [0.717, 1.165) is 13.0 Å². The zero-order valence-corrected chi connectivity index (χ0v) is 10.0. The second-order valence-electron chi connectivity index (χ2n) is 5.17. The van der Waals surface area contributed by atoms with Gasteiger partial charge >= 0.3 is 0 Å². The van der Waals surface area contributed by atoms with Crippen LogP contribution in [0.2, 0.25) is 0 Å². The lowest BCUT2D eigenvalue weighted by Gasteiger charge is -2.44. The van der Waals surface area contributed by atoms with Crippen LogP contribution in [0.5, 0.6) is 0 Å². The predicted octanol–water partition coefficient (Wildman–Crippen LogP) is 3.26. The molecule has 0 aromatic heterocycles. The Morgan fingerprint density at radius 2 is 2.00 bits per heavy atom. The summed E-state index contributed by atoms with van der Waals surface area (Å²) in [5.74, 6) is 0.601. The van der Waals surface area contributed by atoms with Gasteiger partial charge in [0, 0.05) is 25.0 Å². The van der Waals surface area contributed by atoms with E-state index in [1.165, 1.54) is 24.8 Å². The highest BCUT2D eigenvalue weighted by atomic mass is 16.3. The maximum Gasteiger partial charge on any atom is 0.0914 e. The monoisotopic (exact) mass is 229 g/mol. The largest absolute Gasteiger partial charge is 0.513 e. The summed E-state index contributed by atoms with van der Waals surface area (Å²) in [7, 11) is 0. The fourth-order valence-corrected chi connectivity index (χ4v) is 3.14. The van der Waals surface area contributed by atoms with E-state index in [-0.39, 0.29) is 0 Å². The zero-order valence-electron chi connectivity index (χ0n) is 10.0. The molecule has 17 heavy (non-hydrogen) atoms. The summed E-state index contributed by atoms with van der Waals surface area (Å²) in [4.78, 5) is 2.55. The van der Waals surface area contributed by atoms with E-state index < -0.39 is 0 Å². The minimum absolute atomic E-state index is 0.447. The Balaban J connectivity index is 1.79. The highest BCUT2D eigenvalue weighted by molar-refractivity contribution is 5.17. The van der Waals surface area contributed by atoms with Crippen LogP contribution in [0.3, 0.4) is 0 Å². The van der Waals surface area contributed by atoms with Crippen LogP contribution in [0, 0.1) is 0 Å². The minimum Gasteiger partial charge on any atom is -0.513 e. The summed E-state index contributed by atoms with van der Waals surface area (Å²) < 4.78 is 0. The molecule has 2 aliphatic heterocycles. The smallest absolute Gasteiger partial charge is 0.0914 e. The number of aliphatic hydroxyl groups is 1. The number of aliphatic hydroxyl groups excluding tert-OH is 1. The minimum atomic E-state index is 0.447. The van der Waals surface area contributed by atoms with Crippen LogP contribution in [-0.2, 0) is 6.54 Å². The summed E-state index contributed by atoms with van der Waals surface area (Å²) in [5.41, 5.74) is 1.37. The molecule has 3 rings (SSSR count). The van der Waals surface area contributed by atoms with E-state index in [9.17, 15) is 5.11 Å². The van der Waals surface area contributed by atoms with Crippen LogP contribution in [0.15, 0.2) is 42.2 Å². The molecule has 2 atom stereocenters. The van der Waals surface area contributed by atoms with E-state index in [1.807, 2.05) is 0 Å². The van der Waals surface area contributed by atoms with E-state index in [1.54, 1.807) is 0 Å². The van der Waals surface area contributed by atoms with Gasteiger partial charge in [0.25, 0.3) is 0 Å². The van der Waals surface area contributed by atoms with Crippen molar-refractivity contribution in [1.29, 1.82) is 0 Å². The number of fused-ring (bicyclic) bond motifs is 2. The molecule has 0 aliphatic carbocycles. The molecule has 2 nitrogen and oxygen atoms in total. The van der Waals surface area contributed by atoms with Crippen molar-refractivity contribution < 1.29 is 5.11 Å². The van der Waals surface area contributed by atoms with E-state index in [0.29, 0.717) is 17.8 Å². The fourth-order valence-electron chi connectivity index (χ4n) is 3.14. The summed E-state index contributed by atoms with van der Waals surface area (Å²) in [5, 5.41) is 9.73. The normalized spacial score (nSPS) is 28.8. The van der Waals surface area contributed by atoms with Crippen LogP contribution in [0.1, 0.15) is 31.2 Å². The van der Waals surface area contributed by atoms with Crippen molar-refractivity contribution in [2.45, 2.75) is 44.3 Å². The number of nitrogens with zero attached hydrogens (tertiary/aromatic N) is 1. The molecule has 0 radical (unpaired) electrons. The van der Waals surface area contributed by atoms with Crippen molar-refractivity contribution in [2.24, 2.45) is 0 Å². The first-order valence-electron chi connectivity index (χ1n) is 6.52. The topological polar surface area (TPSA) is 23.5 Å². The highest BCUT2D eigenvalue weighted by Gasteiger charge is 2.33. The van der Waals surface area contributed by atoms with Crippen molar-refractivity contribution in [1.82, 2.24) is 4.90 Å². The number of rotatable bonds is 2. The van der Waals surface area contributed by atoms with Crippen molar-refractivity contribution in [3.63, 3.8) is 0 Å². The predicted molar refractivity (Wildman–Crippen MR) is 68.7 cm³/mol. The van der Waals surface area contributed by atoms with Crippen molar-refractivity contribution in [2.75, 3.05) is 0 Å². The molecule has 2 aliphatic rings. The third-order valence-electron chi connectivity index (χ3n) is 3.97. The number of piperidine rings is 1. The second-order valence-corrected chi connectivity index (χ2v) is 5.17. The third kappa shape index (κ3) is 2.22. The summed E-state index contributed by atoms with van der Waals surface area (Å²) in [6, 6.07) is 11.6. The maximum atomic E-state index is 9.73. The van der Waals surface area contributed by atoms with Gasteiger partial charge in [-0.3, -0.25) is 4.90 Å². The SMILES string of the molecule is OC1=CC2CCCC(C1)N2Cc1ccccc1. The Labute approximate surface area is 103 Å². The van der Waals surface area contributed by atoms with Crippen LogP contribution in [0.25, 0.3) is 0 Å². The molecule has 0 spiro atoms. The number of hydrogen-bond donors (Lipinski definition) is 1. The Morgan fingerprint density at radius 3 is 2.76 bits per heavy atom. The lowest BCUT2D eigenvalue weighted by Crippen LogP contribution is -2.47. The van der Waals surface area contributed by atoms with E-state index in [4.69, 9.17) is 0 Å². The average molecular weight is 229 g/mol. The molecular formula is C15H19NO. The van der Waals surface area contributed by atoms with Gasteiger partial charge in [-0.2, -0.15) is 0 Å². The Kier molecular flexibility index (Phi) is 2.89. The van der Waals surface area contributed by atoms with Crippen LogP contribution in [-0.4, -0.2) is 22.1 Å². The van der Waals surface area contributed by atoms with Gasteiger partial charge in [-0.15, -0.1) is 0 Å². The standard InChI is InChI=1S/C15H19NO/c17-15-9-13-7-4-8-14(10-15)16(13)11-12-5-2-1-3-6-12/h1-3,5-6,9,13-14,17H,4,7-8,10-11H2. The van der Waals surface area contributed by atoms with Crippen molar-refractivity contribution >= 4 is 0 Å².